The van der Waals surface area contributed by atoms with E-state index in [4.69, 9.17) is 11.6 Å². The number of carbonyl (C=O) groups excluding carboxylic acids is 1. The van der Waals surface area contributed by atoms with Crippen molar-refractivity contribution in [2.45, 2.75) is 21.9 Å². The minimum absolute atomic E-state index is 0.178. The van der Waals surface area contributed by atoms with Gasteiger partial charge in [-0.3, -0.25) is 4.79 Å². The Balaban J connectivity index is 1.59. The lowest BCUT2D eigenvalue weighted by atomic mass is 9.97. The summed E-state index contributed by atoms with van der Waals surface area (Å²) in [6.45, 7) is 0.506. The Morgan fingerprint density at radius 1 is 1.07 bits per heavy atom. The minimum atomic E-state index is -3.59. The van der Waals surface area contributed by atoms with Gasteiger partial charge in [-0.05, 0) is 49.2 Å². The molecule has 3 rings (SSSR count). The molecule has 152 valence electrons. The molecule has 0 aliphatic carbocycles. The van der Waals surface area contributed by atoms with E-state index in [9.17, 15) is 21.6 Å². The molecule has 2 aromatic rings. The number of halogens is 1. The SMILES string of the molecule is CS(=O)(=O)c1ccc(NC(=O)C2CCN(S(=O)(=O)c3ccc(Cl)s3)CC2)cc1. The summed E-state index contributed by atoms with van der Waals surface area (Å²) >= 11 is 6.84. The fourth-order valence-electron chi connectivity index (χ4n) is 2.95. The van der Waals surface area contributed by atoms with E-state index in [0.29, 0.717) is 22.9 Å². The first-order chi connectivity index (χ1) is 13.1. The minimum Gasteiger partial charge on any atom is -0.326 e. The standard InChI is InChI=1S/C17H19ClN2O5S3/c1-27(22,23)14-4-2-13(3-5-14)19-17(21)12-8-10-20(11-9-12)28(24,25)16-7-6-15(18)26-16/h2-7,12H,8-11H2,1H3,(H,19,21). The van der Waals surface area contributed by atoms with Crippen LogP contribution in [0.25, 0.3) is 0 Å². The van der Waals surface area contributed by atoms with Crippen LogP contribution in [0.3, 0.4) is 0 Å². The van der Waals surface area contributed by atoms with E-state index >= 15 is 0 Å². The van der Waals surface area contributed by atoms with E-state index in [1.165, 1.54) is 34.6 Å². The number of anilines is 1. The lowest BCUT2D eigenvalue weighted by molar-refractivity contribution is -0.120. The molecule has 1 saturated heterocycles. The number of nitrogens with one attached hydrogen (secondary N) is 1. The Kier molecular flexibility index (Phi) is 6.16. The zero-order valence-electron chi connectivity index (χ0n) is 15.0. The van der Waals surface area contributed by atoms with E-state index in [1.54, 1.807) is 6.07 Å². The number of sulfonamides is 1. The maximum absolute atomic E-state index is 12.6. The molecular formula is C17H19ClN2O5S3. The molecule has 11 heteroatoms. The highest BCUT2D eigenvalue weighted by Gasteiger charge is 2.32. The maximum Gasteiger partial charge on any atom is 0.252 e. The third-order valence-electron chi connectivity index (χ3n) is 4.52. The Hall–Kier alpha value is -1.46. The fraction of sp³-hybridized carbons (Fsp3) is 0.353. The van der Waals surface area contributed by atoms with Crippen molar-refractivity contribution in [2.75, 3.05) is 24.7 Å². The summed E-state index contributed by atoms with van der Waals surface area (Å²) in [6, 6.07) is 8.98. The summed E-state index contributed by atoms with van der Waals surface area (Å²) in [7, 11) is -6.88. The van der Waals surface area contributed by atoms with E-state index in [2.05, 4.69) is 5.32 Å². The number of hydrogen-bond donors (Lipinski definition) is 1. The van der Waals surface area contributed by atoms with Crippen LogP contribution in [0.15, 0.2) is 45.5 Å². The predicted molar refractivity (Wildman–Crippen MR) is 109 cm³/mol. The van der Waals surface area contributed by atoms with Gasteiger partial charge < -0.3 is 5.32 Å². The molecule has 28 heavy (non-hydrogen) atoms. The van der Waals surface area contributed by atoms with Gasteiger partial charge >= 0.3 is 0 Å². The van der Waals surface area contributed by atoms with Gasteiger partial charge in [0.1, 0.15) is 4.21 Å². The normalized spacial score (nSPS) is 16.8. The van der Waals surface area contributed by atoms with Gasteiger partial charge in [0.25, 0.3) is 10.0 Å². The molecule has 1 aromatic carbocycles. The molecule has 0 atom stereocenters. The average molecular weight is 463 g/mol. The van der Waals surface area contributed by atoms with Crippen molar-refractivity contribution in [3.05, 3.63) is 40.7 Å². The highest BCUT2D eigenvalue weighted by atomic mass is 35.5. The summed E-state index contributed by atoms with van der Waals surface area (Å²) in [4.78, 5) is 12.6. The van der Waals surface area contributed by atoms with E-state index in [0.717, 1.165) is 17.6 Å². The second kappa shape index (κ2) is 8.11. The van der Waals surface area contributed by atoms with Gasteiger partial charge in [0.2, 0.25) is 5.91 Å². The molecule has 7 nitrogen and oxygen atoms in total. The number of sulfone groups is 1. The molecule has 0 radical (unpaired) electrons. The van der Waals surface area contributed by atoms with E-state index in [-0.39, 0.29) is 34.0 Å². The van der Waals surface area contributed by atoms with Crippen molar-refractivity contribution in [3.8, 4) is 0 Å². The summed E-state index contributed by atoms with van der Waals surface area (Å²) < 4.78 is 50.2. The number of piperidine rings is 1. The number of hydrogen-bond acceptors (Lipinski definition) is 6. The number of amides is 1. The van der Waals surface area contributed by atoms with Gasteiger partial charge in [-0.1, -0.05) is 11.6 Å². The molecule has 0 saturated carbocycles. The second-order valence-corrected chi connectivity index (χ2v) is 12.4. The molecule has 1 fully saturated rings. The van der Waals surface area contributed by atoms with Crippen LogP contribution in [0.4, 0.5) is 5.69 Å². The van der Waals surface area contributed by atoms with Gasteiger partial charge in [0.05, 0.1) is 9.23 Å². The quantitative estimate of drug-likeness (QED) is 0.736. The monoisotopic (exact) mass is 462 g/mol. The molecule has 1 aromatic heterocycles. The van der Waals surface area contributed by atoms with E-state index < -0.39 is 19.9 Å². The first-order valence-electron chi connectivity index (χ1n) is 8.44. The lowest BCUT2D eigenvalue weighted by Crippen LogP contribution is -2.41. The Labute approximate surface area is 173 Å². The summed E-state index contributed by atoms with van der Waals surface area (Å²) in [5, 5.41) is 2.76. The third kappa shape index (κ3) is 4.74. The van der Waals surface area contributed by atoms with Crippen molar-refractivity contribution in [1.29, 1.82) is 0 Å². The Morgan fingerprint density at radius 3 is 2.18 bits per heavy atom. The Bertz CT molecular complexity index is 1070. The summed E-state index contributed by atoms with van der Waals surface area (Å²) in [5.41, 5.74) is 0.501. The number of thiophene rings is 1. The van der Waals surface area contributed by atoms with Gasteiger partial charge in [-0.2, -0.15) is 4.31 Å². The molecule has 1 N–H and O–H groups in total. The number of rotatable bonds is 5. The lowest BCUT2D eigenvalue weighted by Gasteiger charge is -2.30. The van der Waals surface area contributed by atoms with Crippen molar-refractivity contribution >= 4 is 54.4 Å². The topological polar surface area (TPSA) is 101 Å². The molecule has 0 unspecified atom stereocenters. The zero-order chi connectivity index (χ0) is 20.5. The third-order valence-corrected chi connectivity index (χ3v) is 9.24. The smallest absolute Gasteiger partial charge is 0.252 e. The first-order valence-corrected chi connectivity index (χ1v) is 13.0. The Morgan fingerprint density at radius 2 is 1.68 bits per heavy atom. The summed E-state index contributed by atoms with van der Waals surface area (Å²) in [5.74, 6) is -0.517. The average Bonchev–Trinajstić information content (AvgIpc) is 3.09. The van der Waals surface area contributed by atoms with Crippen LogP contribution in [-0.4, -0.2) is 46.4 Å². The van der Waals surface area contributed by atoms with Crippen LogP contribution in [-0.2, 0) is 24.7 Å². The summed E-state index contributed by atoms with van der Waals surface area (Å²) in [6.07, 6.45) is 1.93. The number of benzene rings is 1. The second-order valence-electron chi connectivity index (χ2n) is 6.52. The molecule has 0 spiro atoms. The van der Waals surface area contributed by atoms with Crippen LogP contribution >= 0.6 is 22.9 Å². The van der Waals surface area contributed by atoms with Gasteiger partial charge in [0.15, 0.2) is 9.84 Å². The van der Waals surface area contributed by atoms with Crippen molar-refractivity contribution in [1.82, 2.24) is 4.31 Å². The predicted octanol–water partition coefficient (Wildman–Crippen LogP) is 2.84. The van der Waals surface area contributed by atoms with Crippen LogP contribution in [0.1, 0.15) is 12.8 Å². The zero-order valence-corrected chi connectivity index (χ0v) is 18.2. The highest BCUT2D eigenvalue weighted by molar-refractivity contribution is 7.91. The van der Waals surface area contributed by atoms with Crippen molar-refractivity contribution in [2.24, 2.45) is 5.92 Å². The van der Waals surface area contributed by atoms with Crippen LogP contribution in [0, 0.1) is 5.92 Å². The molecule has 2 heterocycles. The van der Waals surface area contributed by atoms with Crippen LogP contribution in [0.5, 0.6) is 0 Å². The van der Waals surface area contributed by atoms with Gasteiger partial charge in [-0.25, -0.2) is 16.8 Å². The maximum atomic E-state index is 12.6. The molecule has 1 aliphatic rings. The largest absolute Gasteiger partial charge is 0.326 e. The van der Waals surface area contributed by atoms with Crippen molar-refractivity contribution in [3.63, 3.8) is 0 Å². The van der Waals surface area contributed by atoms with E-state index in [1.807, 2.05) is 0 Å². The van der Waals surface area contributed by atoms with Gasteiger partial charge in [-0.15, -0.1) is 11.3 Å². The number of nitrogens with zero attached hydrogens (tertiary/aromatic N) is 1. The number of carbonyl (C=O) groups is 1. The molecule has 1 aliphatic heterocycles. The fourth-order valence-corrected chi connectivity index (χ4v) is 6.69. The highest BCUT2D eigenvalue weighted by Crippen LogP contribution is 2.30. The molecular weight excluding hydrogens is 444 g/mol. The molecule has 0 bridgehead atoms. The van der Waals surface area contributed by atoms with Crippen LogP contribution in [0.2, 0.25) is 4.34 Å². The van der Waals surface area contributed by atoms with Crippen molar-refractivity contribution < 1.29 is 21.6 Å². The van der Waals surface area contributed by atoms with Crippen LogP contribution < -0.4 is 5.32 Å². The van der Waals surface area contributed by atoms with Gasteiger partial charge in [0, 0.05) is 31.0 Å². The molecule has 1 amide bonds. The first kappa shape index (κ1) is 21.3.